The van der Waals surface area contributed by atoms with Crippen LogP contribution in [0.25, 0.3) is 0 Å². The molecule has 4 aliphatic carbocycles. The second kappa shape index (κ2) is 5.21. The highest BCUT2D eigenvalue weighted by Gasteiger charge is 2.63. The standard InChI is InChI=1S/C21H28O2/c1-3-20-11-9-17-16-8-6-15(22)13-14(16)5-7-18(17)19(20)10-12-21(20,23)4-2/h2,13,16-19,23H,3,5-12H2,1H3/i2D,5D2,6D2,13D,16D. The van der Waals surface area contributed by atoms with Crippen molar-refractivity contribution < 1.29 is 19.5 Å². The average molecular weight is 319 g/mol. The summed E-state index contributed by atoms with van der Waals surface area (Å²) in [5, 5.41) is 11.3. The molecule has 23 heavy (non-hydrogen) atoms. The van der Waals surface area contributed by atoms with E-state index in [4.69, 9.17) is 8.22 Å². The third-order valence-corrected chi connectivity index (χ3v) is 7.08. The Morgan fingerprint density at radius 3 is 3.09 bits per heavy atom. The first-order chi connectivity index (χ1) is 13.8. The van der Waals surface area contributed by atoms with Gasteiger partial charge in [-0.3, -0.25) is 4.79 Å². The van der Waals surface area contributed by atoms with Crippen LogP contribution >= 0.6 is 0 Å². The van der Waals surface area contributed by atoms with Gasteiger partial charge in [0.25, 0.3) is 0 Å². The van der Waals surface area contributed by atoms with Gasteiger partial charge in [0, 0.05) is 18.6 Å². The molecule has 4 rings (SSSR count). The number of ketones is 1. The summed E-state index contributed by atoms with van der Waals surface area (Å²) in [7, 11) is 0. The minimum absolute atomic E-state index is 0.0586. The summed E-state index contributed by atoms with van der Waals surface area (Å²) < 4.78 is 58.4. The molecule has 0 aromatic rings. The number of aliphatic hydroxyl groups is 1. The highest BCUT2D eigenvalue weighted by Crippen LogP contribution is 2.66. The van der Waals surface area contributed by atoms with E-state index in [1.165, 1.54) is 0 Å². The number of terminal acetylenes is 1. The molecule has 0 aromatic heterocycles. The van der Waals surface area contributed by atoms with Gasteiger partial charge in [0.15, 0.2) is 5.78 Å². The zero-order valence-electron chi connectivity index (χ0n) is 20.5. The lowest BCUT2D eigenvalue weighted by Gasteiger charge is -2.55. The minimum Gasteiger partial charge on any atom is -0.377 e. The summed E-state index contributed by atoms with van der Waals surface area (Å²) >= 11 is 0. The largest absolute Gasteiger partial charge is 0.377 e. The maximum atomic E-state index is 12.4. The Balaban J connectivity index is 1.85. The molecule has 2 nitrogen and oxygen atoms in total. The van der Waals surface area contributed by atoms with Crippen LogP contribution in [0.5, 0.6) is 0 Å². The fraction of sp³-hybridized carbons (Fsp3) is 0.762. The van der Waals surface area contributed by atoms with Crippen molar-refractivity contribution in [2.45, 2.75) is 70.2 Å². The predicted molar refractivity (Wildman–Crippen MR) is 90.5 cm³/mol. The lowest BCUT2D eigenvalue weighted by atomic mass is 9.49. The van der Waals surface area contributed by atoms with E-state index in [1.807, 2.05) is 6.92 Å². The van der Waals surface area contributed by atoms with Gasteiger partial charge >= 0.3 is 0 Å². The van der Waals surface area contributed by atoms with Crippen molar-refractivity contribution in [3.8, 4) is 12.3 Å². The summed E-state index contributed by atoms with van der Waals surface area (Å²) in [6.07, 6.45) is 0.0378. The summed E-state index contributed by atoms with van der Waals surface area (Å²) in [6.45, 7) is 1.98. The molecule has 2 heteroatoms. The summed E-state index contributed by atoms with van der Waals surface area (Å²) in [4.78, 5) is 12.4. The van der Waals surface area contributed by atoms with E-state index in [9.17, 15) is 11.3 Å². The molecular weight excluding hydrogens is 284 g/mol. The Kier molecular flexibility index (Phi) is 2.14. The SMILES string of the molecule is [2H]C#CC1(O)CCC2C3CC([2H])([2H])C4=C([2H])C(=O)C([2H])([2H])CC4([2H])C3CCC21CC. The summed E-state index contributed by atoms with van der Waals surface area (Å²) in [5.74, 6) is -0.711. The fourth-order valence-electron chi connectivity index (χ4n) is 5.95. The first-order valence-corrected chi connectivity index (χ1v) is 8.72. The van der Waals surface area contributed by atoms with Crippen LogP contribution in [0.2, 0.25) is 0 Å². The lowest BCUT2D eigenvalue weighted by molar-refractivity contribution is -0.117. The molecule has 3 saturated carbocycles. The second-order valence-electron chi connectivity index (χ2n) is 7.54. The molecular formula is C21H28O2. The van der Waals surface area contributed by atoms with Crippen molar-refractivity contribution in [2.75, 3.05) is 0 Å². The molecule has 0 amide bonds. The Bertz CT molecular complexity index is 888. The fourth-order valence-corrected chi connectivity index (χ4v) is 5.95. The van der Waals surface area contributed by atoms with Crippen LogP contribution in [0.3, 0.4) is 0 Å². The molecule has 0 bridgehead atoms. The molecule has 0 radical (unpaired) electrons. The topological polar surface area (TPSA) is 37.3 Å². The van der Waals surface area contributed by atoms with Crippen LogP contribution in [0.4, 0.5) is 0 Å². The molecule has 0 spiro atoms. The van der Waals surface area contributed by atoms with Crippen LogP contribution in [0.15, 0.2) is 11.6 Å². The van der Waals surface area contributed by atoms with Gasteiger partial charge < -0.3 is 5.11 Å². The molecule has 4 aliphatic rings. The van der Waals surface area contributed by atoms with E-state index in [0.717, 1.165) is 0 Å². The monoisotopic (exact) mass is 319 g/mol. The lowest BCUT2D eigenvalue weighted by Crippen LogP contribution is -2.53. The number of fused-ring (bicyclic) bond motifs is 5. The molecule has 0 aromatic carbocycles. The molecule has 0 heterocycles. The minimum atomic E-state index is -2.35. The first-order valence-electron chi connectivity index (χ1n) is 12.2. The van der Waals surface area contributed by atoms with Crippen LogP contribution in [0, 0.1) is 41.4 Å². The van der Waals surface area contributed by atoms with E-state index in [1.54, 1.807) is 0 Å². The van der Waals surface area contributed by atoms with Gasteiger partial charge in [0.1, 0.15) is 6.97 Å². The number of hydrogen-bond donors (Lipinski definition) is 1. The highest BCUT2D eigenvalue weighted by molar-refractivity contribution is 5.91. The van der Waals surface area contributed by atoms with Crippen molar-refractivity contribution in [3.05, 3.63) is 11.6 Å². The van der Waals surface area contributed by atoms with E-state index < -0.39 is 47.9 Å². The van der Waals surface area contributed by atoms with Gasteiger partial charge in [-0.1, -0.05) is 18.4 Å². The smallest absolute Gasteiger partial charge is 0.155 e. The van der Waals surface area contributed by atoms with Crippen LogP contribution in [0.1, 0.15) is 74.2 Å². The zero-order chi connectivity index (χ0) is 22.3. The third-order valence-electron chi connectivity index (χ3n) is 7.08. The Hall–Kier alpha value is -1.07. The van der Waals surface area contributed by atoms with Gasteiger partial charge in [0.2, 0.25) is 0 Å². The van der Waals surface area contributed by atoms with Crippen LogP contribution < -0.4 is 0 Å². The van der Waals surface area contributed by atoms with E-state index >= 15 is 0 Å². The molecule has 6 unspecified atom stereocenters. The van der Waals surface area contributed by atoms with E-state index in [2.05, 4.69) is 12.3 Å². The molecule has 1 N–H and O–H groups in total. The average Bonchev–Trinajstić information content (AvgIpc) is 2.92. The van der Waals surface area contributed by atoms with Crippen LogP contribution in [-0.2, 0) is 4.79 Å². The molecule has 6 atom stereocenters. The van der Waals surface area contributed by atoms with Crippen molar-refractivity contribution in [2.24, 2.45) is 29.1 Å². The number of carbonyl (C=O) groups excluding carboxylic acids is 1. The molecule has 124 valence electrons. The van der Waals surface area contributed by atoms with Gasteiger partial charge in [-0.25, -0.2) is 0 Å². The molecule has 0 aliphatic heterocycles. The van der Waals surface area contributed by atoms with Crippen molar-refractivity contribution >= 4 is 5.78 Å². The Labute approximate surface area is 149 Å². The summed E-state index contributed by atoms with van der Waals surface area (Å²) in [6, 6.07) is -0.667. The van der Waals surface area contributed by atoms with Crippen molar-refractivity contribution in [1.29, 1.82) is 0 Å². The van der Waals surface area contributed by atoms with Gasteiger partial charge in [-0.05, 0) is 81.0 Å². The number of allylic oxidation sites excluding steroid dienone is 1. The van der Waals surface area contributed by atoms with E-state index in [0.29, 0.717) is 32.1 Å². The first kappa shape index (κ1) is 9.42. The van der Waals surface area contributed by atoms with Gasteiger partial charge in [-0.2, -0.15) is 0 Å². The Morgan fingerprint density at radius 1 is 1.43 bits per heavy atom. The highest BCUT2D eigenvalue weighted by atomic mass is 16.3. The zero-order valence-corrected chi connectivity index (χ0v) is 13.5. The van der Waals surface area contributed by atoms with Gasteiger partial charge in [-0.15, -0.1) is 6.40 Å². The maximum absolute atomic E-state index is 12.4. The number of hydrogen-bond acceptors (Lipinski definition) is 2. The van der Waals surface area contributed by atoms with E-state index in [-0.39, 0.29) is 29.7 Å². The molecule has 3 fully saturated rings. The normalized spacial score (nSPS) is 60.9. The summed E-state index contributed by atoms with van der Waals surface area (Å²) in [5.41, 5.74) is -2.04. The Morgan fingerprint density at radius 2 is 2.30 bits per heavy atom. The van der Waals surface area contributed by atoms with Gasteiger partial charge in [0.05, 0.1) is 1.37 Å². The maximum Gasteiger partial charge on any atom is 0.155 e. The quantitative estimate of drug-likeness (QED) is 0.745. The second-order valence-corrected chi connectivity index (χ2v) is 7.54. The predicted octanol–water partition coefficient (Wildman–Crippen LogP) is 3.88. The van der Waals surface area contributed by atoms with Crippen LogP contribution in [-0.4, -0.2) is 16.5 Å². The third kappa shape index (κ3) is 1.96. The van der Waals surface area contributed by atoms with Crippen molar-refractivity contribution in [1.82, 2.24) is 0 Å². The number of carbonyl (C=O) groups is 1. The van der Waals surface area contributed by atoms with Crippen molar-refractivity contribution in [3.63, 3.8) is 0 Å². The number of rotatable bonds is 1. The molecule has 0 saturated heterocycles.